The fourth-order valence-electron chi connectivity index (χ4n) is 2.57. The van der Waals surface area contributed by atoms with Crippen LogP contribution in [-0.2, 0) is 14.4 Å². The van der Waals surface area contributed by atoms with Gasteiger partial charge in [-0.1, -0.05) is 0 Å². The fraction of sp³-hybridized carbons (Fsp3) is 0.438. The molecule has 1 saturated heterocycles. The smallest absolute Gasteiger partial charge is 0.313 e. The summed E-state index contributed by atoms with van der Waals surface area (Å²) < 4.78 is 4.99. The van der Waals surface area contributed by atoms with E-state index in [1.54, 1.807) is 4.90 Å². The van der Waals surface area contributed by atoms with E-state index in [0.717, 1.165) is 19.0 Å². The summed E-state index contributed by atoms with van der Waals surface area (Å²) in [4.78, 5) is 47.1. The van der Waals surface area contributed by atoms with Crippen LogP contribution < -0.4 is 15.4 Å². The quantitative estimate of drug-likeness (QED) is 0.316. The first kappa shape index (κ1) is 19.2. The number of methoxy groups -OCH3 is 1. The van der Waals surface area contributed by atoms with Crippen LogP contribution in [0, 0.1) is 10.1 Å². The highest BCUT2D eigenvalue weighted by molar-refractivity contribution is 6.39. The zero-order valence-electron chi connectivity index (χ0n) is 14.3. The minimum Gasteiger partial charge on any atom is -0.494 e. The van der Waals surface area contributed by atoms with Crippen LogP contribution in [0.15, 0.2) is 18.2 Å². The van der Waals surface area contributed by atoms with Gasteiger partial charge in [0.15, 0.2) is 0 Å². The lowest BCUT2D eigenvalue weighted by Crippen LogP contribution is -2.37. The SMILES string of the molecule is COc1cc([N+](=O)[O-])ccc1NC(=O)C(=O)NCCCN1CCCC1=O. The van der Waals surface area contributed by atoms with Crippen molar-refractivity contribution in [2.24, 2.45) is 0 Å². The van der Waals surface area contributed by atoms with Crippen LogP contribution in [0.25, 0.3) is 0 Å². The first-order chi connectivity index (χ1) is 12.4. The molecule has 1 fully saturated rings. The van der Waals surface area contributed by atoms with Crippen LogP contribution in [-0.4, -0.2) is 54.3 Å². The molecule has 0 bridgehead atoms. The molecular formula is C16H20N4O6. The Morgan fingerprint density at radius 2 is 2.12 bits per heavy atom. The Morgan fingerprint density at radius 3 is 2.73 bits per heavy atom. The molecule has 1 aromatic rings. The Labute approximate surface area is 149 Å². The number of nitro groups is 1. The summed E-state index contributed by atoms with van der Waals surface area (Å²) in [6, 6.07) is 3.64. The van der Waals surface area contributed by atoms with Crippen LogP contribution in [0.2, 0.25) is 0 Å². The average Bonchev–Trinajstić information content (AvgIpc) is 3.03. The predicted molar refractivity (Wildman–Crippen MR) is 91.7 cm³/mol. The summed E-state index contributed by atoms with van der Waals surface area (Å²) in [5.41, 5.74) is -0.0401. The third-order valence-corrected chi connectivity index (χ3v) is 3.91. The number of nitrogens with zero attached hydrogens (tertiary/aromatic N) is 2. The molecule has 0 spiro atoms. The number of non-ortho nitro benzene ring substituents is 1. The van der Waals surface area contributed by atoms with Gasteiger partial charge in [-0.2, -0.15) is 0 Å². The van der Waals surface area contributed by atoms with Gasteiger partial charge in [0, 0.05) is 32.1 Å². The van der Waals surface area contributed by atoms with E-state index < -0.39 is 16.7 Å². The molecule has 0 saturated carbocycles. The van der Waals surface area contributed by atoms with Crippen LogP contribution in [0.5, 0.6) is 5.75 Å². The monoisotopic (exact) mass is 364 g/mol. The molecule has 10 nitrogen and oxygen atoms in total. The van der Waals surface area contributed by atoms with Crippen LogP contribution in [0.1, 0.15) is 19.3 Å². The van der Waals surface area contributed by atoms with Gasteiger partial charge < -0.3 is 20.3 Å². The summed E-state index contributed by atoms with van der Waals surface area (Å²) in [6.45, 7) is 1.53. The van der Waals surface area contributed by atoms with E-state index in [0.29, 0.717) is 19.4 Å². The number of ether oxygens (including phenoxy) is 1. The Kier molecular flexibility index (Phi) is 6.48. The van der Waals surface area contributed by atoms with Gasteiger partial charge in [0.2, 0.25) is 5.91 Å². The van der Waals surface area contributed by atoms with Gasteiger partial charge in [-0.05, 0) is 18.9 Å². The normalized spacial score (nSPS) is 13.4. The van der Waals surface area contributed by atoms with Gasteiger partial charge in [-0.15, -0.1) is 0 Å². The fourth-order valence-corrected chi connectivity index (χ4v) is 2.57. The Balaban J connectivity index is 1.82. The number of rotatable bonds is 7. The standard InChI is InChI=1S/C16H20N4O6/c1-26-13-10-11(20(24)25)5-6-12(13)18-16(23)15(22)17-7-3-9-19-8-2-4-14(19)21/h5-6,10H,2-4,7-9H2,1H3,(H,17,22)(H,18,23). The molecule has 0 radical (unpaired) electrons. The second kappa shape index (κ2) is 8.79. The molecule has 10 heteroatoms. The minimum absolute atomic E-state index is 0.0768. The van der Waals surface area contributed by atoms with Gasteiger partial charge >= 0.3 is 11.8 Å². The first-order valence-corrected chi connectivity index (χ1v) is 8.11. The number of nitrogens with one attached hydrogen (secondary N) is 2. The lowest BCUT2D eigenvalue weighted by Gasteiger charge is -2.15. The second-order valence-corrected chi connectivity index (χ2v) is 5.69. The predicted octanol–water partition coefficient (Wildman–Crippen LogP) is 0.671. The molecule has 1 aliphatic heterocycles. The molecule has 140 valence electrons. The lowest BCUT2D eigenvalue weighted by atomic mass is 10.2. The van der Waals surface area contributed by atoms with Crippen molar-refractivity contribution in [3.05, 3.63) is 28.3 Å². The van der Waals surface area contributed by atoms with Gasteiger partial charge in [-0.25, -0.2) is 0 Å². The van der Waals surface area contributed by atoms with E-state index in [4.69, 9.17) is 4.74 Å². The van der Waals surface area contributed by atoms with Crippen molar-refractivity contribution >= 4 is 29.1 Å². The van der Waals surface area contributed by atoms with E-state index in [9.17, 15) is 24.5 Å². The van der Waals surface area contributed by atoms with Crippen molar-refractivity contribution in [2.75, 3.05) is 32.1 Å². The topological polar surface area (TPSA) is 131 Å². The Morgan fingerprint density at radius 1 is 1.35 bits per heavy atom. The van der Waals surface area contributed by atoms with Gasteiger partial charge in [0.1, 0.15) is 5.75 Å². The molecule has 2 rings (SSSR count). The average molecular weight is 364 g/mol. The summed E-state index contributed by atoms with van der Waals surface area (Å²) >= 11 is 0. The largest absolute Gasteiger partial charge is 0.494 e. The minimum atomic E-state index is -0.908. The molecule has 0 aromatic heterocycles. The summed E-state index contributed by atoms with van der Waals surface area (Å²) in [5, 5.41) is 15.6. The number of carbonyl (C=O) groups is 3. The molecule has 26 heavy (non-hydrogen) atoms. The number of amides is 3. The number of anilines is 1. The highest BCUT2D eigenvalue weighted by Crippen LogP contribution is 2.28. The second-order valence-electron chi connectivity index (χ2n) is 5.69. The summed E-state index contributed by atoms with van der Waals surface area (Å²) in [5.74, 6) is -1.56. The maximum absolute atomic E-state index is 11.9. The molecule has 0 aliphatic carbocycles. The number of hydrogen-bond acceptors (Lipinski definition) is 6. The molecule has 3 amide bonds. The third-order valence-electron chi connectivity index (χ3n) is 3.91. The van der Waals surface area contributed by atoms with E-state index in [2.05, 4.69) is 10.6 Å². The maximum Gasteiger partial charge on any atom is 0.313 e. The van der Waals surface area contributed by atoms with Crippen LogP contribution >= 0.6 is 0 Å². The molecule has 1 aromatic carbocycles. The van der Waals surface area contributed by atoms with E-state index in [-0.39, 0.29) is 29.6 Å². The number of nitro benzene ring substituents is 1. The summed E-state index contributed by atoms with van der Waals surface area (Å²) in [7, 11) is 1.30. The lowest BCUT2D eigenvalue weighted by molar-refractivity contribution is -0.384. The van der Waals surface area contributed by atoms with Crippen molar-refractivity contribution in [2.45, 2.75) is 19.3 Å². The molecule has 2 N–H and O–H groups in total. The zero-order chi connectivity index (χ0) is 19.1. The van der Waals surface area contributed by atoms with E-state index in [1.807, 2.05) is 0 Å². The van der Waals surface area contributed by atoms with Crippen molar-refractivity contribution in [3.8, 4) is 5.75 Å². The van der Waals surface area contributed by atoms with Crippen LogP contribution in [0.3, 0.4) is 0 Å². The Bertz CT molecular complexity index is 721. The molecule has 1 aliphatic rings. The number of likely N-dealkylation sites (tertiary alicyclic amines) is 1. The zero-order valence-corrected chi connectivity index (χ0v) is 14.3. The van der Waals surface area contributed by atoms with Crippen molar-refractivity contribution in [1.82, 2.24) is 10.2 Å². The molecule has 0 unspecified atom stereocenters. The van der Waals surface area contributed by atoms with E-state index in [1.165, 1.54) is 19.2 Å². The molecule has 1 heterocycles. The summed E-state index contributed by atoms with van der Waals surface area (Å²) in [6.07, 6.45) is 1.96. The number of hydrogen-bond donors (Lipinski definition) is 2. The van der Waals surface area contributed by atoms with Gasteiger partial charge in [0.05, 0.1) is 23.8 Å². The van der Waals surface area contributed by atoms with Crippen molar-refractivity contribution in [3.63, 3.8) is 0 Å². The number of carbonyl (C=O) groups excluding carboxylic acids is 3. The number of benzene rings is 1. The third kappa shape index (κ3) is 4.91. The Hall–Kier alpha value is -3.17. The van der Waals surface area contributed by atoms with Crippen molar-refractivity contribution < 1.29 is 24.0 Å². The first-order valence-electron chi connectivity index (χ1n) is 8.11. The maximum atomic E-state index is 11.9. The van der Waals surface area contributed by atoms with Gasteiger partial charge in [0.25, 0.3) is 5.69 Å². The van der Waals surface area contributed by atoms with Crippen molar-refractivity contribution in [1.29, 1.82) is 0 Å². The van der Waals surface area contributed by atoms with Gasteiger partial charge in [-0.3, -0.25) is 24.5 Å². The molecular weight excluding hydrogens is 344 g/mol. The van der Waals surface area contributed by atoms with E-state index >= 15 is 0 Å². The molecule has 0 atom stereocenters. The van der Waals surface area contributed by atoms with Crippen LogP contribution in [0.4, 0.5) is 11.4 Å². The highest BCUT2D eigenvalue weighted by atomic mass is 16.6. The highest BCUT2D eigenvalue weighted by Gasteiger charge is 2.20.